The lowest BCUT2D eigenvalue weighted by atomic mass is 9.47. The van der Waals surface area contributed by atoms with Gasteiger partial charge < -0.3 is 0 Å². The lowest BCUT2D eigenvalue weighted by Gasteiger charge is -2.57. The molecule has 0 N–H and O–H groups in total. The number of ketones is 1. The Morgan fingerprint density at radius 1 is 1.05 bits per heavy atom. The molecule has 0 unspecified atom stereocenters. The summed E-state index contributed by atoms with van der Waals surface area (Å²) >= 11 is 0. The second-order valence-electron chi connectivity index (χ2n) is 8.29. The van der Waals surface area contributed by atoms with Crippen LogP contribution in [0, 0.1) is 35.0 Å². The van der Waals surface area contributed by atoms with Gasteiger partial charge in [-0.3, -0.25) is 4.79 Å². The minimum atomic E-state index is 0.348. The quantitative estimate of drug-likeness (QED) is 0.623. The lowest BCUT2D eigenvalue weighted by molar-refractivity contribution is -0.117. The van der Waals surface area contributed by atoms with Crippen molar-refractivity contribution in [3.05, 3.63) is 18.1 Å². The van der Waals surface area contributed by atoms with Crippen molar-refractivity contribution in [3.63, 3.8) is 0 Å². The van der Waals surface area contributed by atoms with Crippen LogP contribution < -0.4 is 0 Å². The molecule has 1 radical (unpaired) electrons. The highest BCUT2D eigenvalue weighted by Crippen LogP contribution is 2.64. The van der Waals surface area contributed by atoms with Gasteiger partial charge in [-0.25, -0.2) is 0 Å². The van der Waals surface area contributed by atoms with Gasteiger partial charge in [0.1, 0.15) is 0 Å². The molecule has 0 aromatic carbocycles. The maximum absolute atomic E-state index is 11.8. The van der Waals surface area contributed by atoms with E-state index in [2.05, 4.69) is 20.3 Å². The summed E-state index contributed by atoms with van der Waals surface area (Å²) in [5, 5.41) is 0. The van der Waals surface area contributed by atoms with E-state index < -0.39 is 0 Å². The summed E-state index contributed by atoms with van der Waals surface area (Å²) in [7, 11) is 0. The molecule has 109 valence electrons. The number of carbonyl (C=O) groups excluding carboxylic acids is 1. The molecule has 0 spiro atoms. The van der Waals surface area contributed by atoms with Gasteiger partial charge in [-0.05, 0) is 86.0 Å². The Balaban J connectivity index is 1.69. The first-order chi connectivity index (χ1) is 9.53. The molecule has 5 atom stereocenters. The van der Waals surface area contributed by atoms with Crippen molar-refractivity contribution in [1.29, 1.82) is 0 Å². The molecule has 4 aliphatic rings. The summed E-state index contributed by atoms with van der Waals surface area (Å²) in [4.78, 5) is 11.8. The van der Waals surface area contributed by atoms with Gasteiger partial charge in [-0.15, -0.1) is 0 Å². The topological polar surface area (TPSA) is 17.1 Å². The monoisotopic (exact) mass is 271 g/mol. The van der Waals surface area contributed by atoms with Crippen LogP contribution in [0.3, 0.4) is 0 Å². The van der Waals surface area contributed by atoms with Crippen LogP contribution in [0.5, 0.6) is 0 Å². The van der Waals surface area contributed by atoms with Crippen molar-refractivity contribution in [2.45, 2.75) is 65.2 Å². The maximum Gasteiger partial charge on any atom is 0.155 e. The van der Waals surface area contributed by atoms with Crippen LogP contribution in [0.4, 0.5) is 0 Å². The van der Waals surface area contributed by atoms with Crippen molar-refractivity contribution >= 4 is 5.78 Å². The summed E-state index contributed by atoms with van der Waals surface area (Å²) in [5.74, 6) is 3.08. The van der Waals surface area contributed by atoms with Gasteiger partial charge in [0.2, 0.25) is 0 Å². The smallest absolute Gasteiger partial charge is 0.155 e. The number of carbonyl (C=O) groups is 1. The van der Waals surface area contributed by atoms with Crippen molar-refractivity contribution in [2.75, 3.05) is 0 Å². The molecule has 3 saturated carbocycles. The van der Waals surface area contributed by atoms with E-state index in [-0.39, 0.29) is 0 Å². The molecule has 0 saturated heterocycles. The van der Waals surface area contributed by atoms with Crippen molar-refractivity contribution in [3.8, 4) is 0 Å². The molecule has 4 aliphatic carbocycles. The number of hydrogen-bond donors (Lipinski definition) is 0. The van der Waals surface area contributed by atoms with Crippen LogP contribution in [-0.2, 0) is 4.79 Å². The van der Waals surface area contributed by atoms with E-state index in [1.54, 1.807) is 0 Å². The van der Waals surface area contributed by atoms with Gasteiger partial charge in [-0.2, -0.15) is 0 Å². The number of hydrogen-bond acceptors (Lipinski definition) is 1. The highest BCUT2D eigenvalue weighted by molar-refractivity contribution is 5.91. The Hall–Kier alpha value is -0.590. The summed E-state index contributed by atoms with van der Waals surface area (Å²) in [6.07, 6.45) is 14.6. The fourth-order valence-corrected chi connectivity index (χ4v) is 6.30. The van der Waals surface area contributed by atoms with Crippen LogP contribution in [0.25, 0.3) is 0 Å². The minimum absolute atomic E-state index is 0.348. The summed E-state index contributed by atoms with van der Waals surface area (Å²) < 4.78 is 0. The maximum atomic E-state index is 11.8. The van der Waals surface area contributed by atoms with Gasteiger partial charge in [-0.1, -0.05) is 19.4 Å². The van der Waals surface area contributed by atoms with Crippen molar-refractivity contribution in [1.82, 2.24) is 0 Å². The van der Waals surface area contributed by atoms with E-state index in [4.69, 9.17) is 0 Å². The fraction of sp³-hybridized carbons (Fsp3) is 0.789. The normalized spacial score (nSPS) is 51.0. The SMILES string of the molecule is C[C@@]12[CH]CC[C@H]1[C@H]1CCC3=CC(=O)CC[C@]3(C)[C@H]1CC2. The van der Waals surface area contributed by atoms with Crippen LogP contribution in [0.1, 0.15) is 65.2 Å². The third-order valence-corrected chi connectivity index (χ3v) is 7.49. The summed E-state index contributed by atoms with van der Waals surface area (Å²) in [6, 6.07) is 0. The molecule has 20 heavy (non-hydrogen) atoms. The zero-order valence-electron chi connectivity index (χ0n) is 13.0. The Kier molecular flexibility index (Phi) is 2.76. The molecule has 0 aromatic heterocycles. The Bertz CT molecular complexity index is 476. The van der Waals surface area contributed by atoms with Gasteiger partial charge in [0.25, 0.3) is 0 Å². The molecule has 1 heteroatoms. The van der Waals surface area contributed by atoms with Crippen molar-refractivity contribution in [2.24, 2.45) is 28.6 Å². The first kappa shape index (κ1) is 13.1. The van der Waals surface area contributed by atoms with E-state index in [1.807, 2.05) is 6.08 Å². The molecule has 1 nitrogen and oxygen atoms in total. The predicted octanol–water partition coefficient (Wildman–Crippen LogP) is 4.72. The highest BCUT2D eigenvalue weighted by Gasteiger charge is 2.56. The predicted molar refractivity (Wildman–Crippen MR) is 81.0 cm³/mol. The Morgan fingerprint density at radius 3 is 2.75 bits per heavy atom. The molecule has 0 aromatic rings. The van der Waals surface area contributed by atoms with Gasteiger partial charge in [0, 0.05) is 6.42 Å². The first-order valence-electron chi connectivity index (χ1n) is 8.61. The van der Waals surface area contributed by atoms with E-state index in [1.165, 1.54) is 44.1 Å². The first-order valence-corrected chi connectivity index (χ1v) is 8.61. The number of fused-ring (bicyclic) bond motifs is 5. The third-order valence-electron chi connectivity index (χ3n) is 7.49. The van der Waals surface area contributed by atoms with Gasteiger partial charge in [0.15, 0.2) is 5.78 Å². The van der Waals surface area contributed by atoms with E-state index in [9.17, 15) is 4.79 Å². The van der Waals surface area contributed by atoms with Crippen LogP contribution in [-0.4, -0.2) is 5.78 Å². The van der Waals surface area contributed by atoms with E-state index in [0.29, 0.717) is 16.6 Å². The third kappa shape index (κ3) is 1.64. The largest absolute Gasteiger partial charge is 0.295 e. The Morgan fingerprint density at radius 2 is 1.90 bits per heavy atom. The van der Waals surface area contributed by atoms with E-state index in [0.717, 1.165) is 30.6 Å². The second-order valence-corrected chi connectivity index (χ2v) is 8.29. The zero-order chi connectivity index (χ0) is 14.0. The van der Waals surface area contributed by atoms with Crippen LogP contribution >= 0.6 is 0 Å². The average Bonchev–Trinajstić information content (AvgIpc) is 2.81. The molecule has 0 bridgehead atoms. The minimum Gasteiger partial charge on any atom is -0.295 e. The molecular formula is C19H27O. The fourth-order valence-electron chi connectivity index (χ4n) is 6.30. The second kappa shape index (κ2) is 4.21. The highest BCUT2D eigenvalue weighted by atomic mass is 16.1. The molecule has 0 heterocycles. The van der Waals surface area contributed by atoms with Gasteiger partial charge >= 0.3 is 0 Å². The molecule has 4 rings (SSSR count). The van der Waals surface area contributed by atoms with Crippen LogP contribution in [0.15, 0.2) is 11.6 Å². The molecular weight excluding hydrogens is 244 g/mol. The average molecular weight is 271 g/mol. The van der Waals surface area contributed by atoms with Crippen molar-refractivity contribution < 1.29 is 4.79 Å². The van der Waals surface area contributed by atoms with Gasteiger partial charge in [0.05, 0.1) is 0 Å². The summed E-state index contributed by atoms with van der Waals surface area (Å²) in [6.45, 7) is 4.99. The van der Waals surface area contributed by atoms with E-state index >= 15 is 0 Å². The lowest BCUT2D eigenvalue weighted by Crippen LogP contribution is -2.49. The molecule has 0 aliphatic heterocycles. The molecule has 0 amide bonds. The van der Waals surface area contributed by atoms with Crippen LogP contribution in [0.2, 0.25) is 0 Å². The zero-order valence-corrected chi connectivity index (χ0v) is 13.0. The molecule has 3 fully saturated rings. The number of allylic oxidation sites excluding steroid dienone is 1. The number of rotatable bonds is 0. The Labute approximate surface area is 123 Å². The standard InChI is InChI=1S/C19H27O/c1-18-9-3-4-16(18)15-6-5-13-12-14(20)7-11-19(13,2)17(15)8-10-18/h9,12,15-17H,3-8,10-11H2,1-2H3/t15-,16+,17+,18+,19+/m1/s1. The summed E-state index contributed by atoms with van der Waals surface area (Å²) in [5.41, 5.74) is 2.38.